The number of aromatic nitrogens is 2. The van der Waals surface area contributed by atoms with Crippen LogP contribution in [0.15, 0.2) is 60.8 Å². The second-order valence-corrected chi connectivity index (χ2v) is 7.49. The van der Waals surface area contributed by atoms with E-state index in [9.17, 15) is 4.79 Å². The Labute approximate surface area is 160 Å². The van der Waals surface area contributed by atoms with Crippen molar-refractivity contribution in [2.75, 3.05) is 0 Å². The third-order valence-corrected chi connectivity index (χ3v) is 5.34. The highest BCUT2D eigenvalue weighted by atomic mass is 16.1. The molecule has 1 aliphatic rings. The van der Waals surface area contributed by atoms with Crippen LogP contribution in [0.2, 0.25) is 0 Å². The van der Waals surface area contributed by atoms with Crippen LogP contribution < -0.4 is 5.32 Å². The average molecular weight is 359 g/mol. The number of nitrogens with zero attached hydrogens (tertiary/aromatic N) is 2. The minimum Gasteiger partial charge on any atom is -0.345 e. The number of amides is 1. The number of carbonyl (C=O) groups excluding carboxylic acids is 1. The molecule has 1 atom stereocenters. The monoisotopic (exact) mass is 359 g/mol. The molecule has 1 N–H and O–H groups in total. The van der Waals surface area contributed by atoms with Crippen molar-refractivity contribution in [1.82, 2.24) is 15.1 Å². The maximum Gasteiger partial charge on any atom is 0.255 e. The van der Waals surface area contributed by atoms with Crippen LogP contribution >= 0.6 is 0 Å². The minimum absolute atomic E-state index is 0.0377. The van der Waals surface area contributed by atoms with Crippen molar-refractivity contribution in [3.8, 4) is 0 Å². The van der Waals surface area contributed by atoms with Crippen LogP contribution in [0.25, 0.3) is 0 Å². The predicted octanol–water partition coefficient (Wildman–Crippen LogP) is 4.43. The zero-order chi connectivity index (χ0) is 18.8. The van der Waals surface area contributed by atoms with Gasteiger partial charge in [-0.3, -0.25) is 9.48 Å². The second kappa shape index (κ2) is 7.39. The van der Waals surface area contributed by atoms with E-state index in [4.69, 9.17) is 0 Å². The number of rotatable bonds is 6. The molecule has 1 aliphatic carbocycles. The molecule has 0 bridgehead atoms. The number of hydrogen-bond donors (Lipinski definition) is 1. The molecule has 1 saturated carbocycles. The Morgan fingerprint density at radius 3 is 2.48 bits per heavy atom. The van der Waals surface area contributed by atoms with E-state index in [2.05, 4.69) is 53.7 Å². The highest BCUT2D eigenvalue weighted by Crippen LogP contribution is 2.41. The molecule has 138 valence electrons. The summed E-state index contributed by atoms with van der Waals surface area (Å²) in [7, 11) is 0. The maximum atomic E-state index is 12.9. The third kappa shape index (κ3) is 3.95. The molecule has 4 rings (SSSR count). The van der Waals surface area contributed by atoms with Gasteiger partial charge in [0.05, 0.1) is 24.3 Å². The Hall–Kier alpha value is -2.88. The quantitative estimate of drug-likeness (QED) is 0.708. The van der Waals surface area contributed by atoms with Gasteiger partial charge in [-0.15, -0.1) is 0 Å². The number of nitrogens with one attached hydrogen (secondary N) is 1. The lowest BCUT2D eigenvalue weighted by Gasteiger charge is -2.19. The standard InChI is InChI=1S/C23H25N3O/c1-16-8-10-19(11-9-16)22(20-12-13-20)25-23(27)21-14-24-26(17(21)2)15-18-6-4-3-5-7-18/h3-11,14,20,22H,12-13,15H2,1-2H3,(H,25,27). The van der Waals surface area contributed by atoms with Crippen molar-refractivity contribution in [2.24, 2.45) is 5.92 Å². The van der Waals surface area contributed by atoms with Crippen molar-refractivity contribution in [3.05, 3.63) is 88.7 Å². The van der Waals surface area contributed by atoms with Gasteiger partial charge < -0.3 is 5.32 Å². The van der Waals surface area contributed by atoms with E-state index in [1.165, 1.54) is 29.5 Å². The largest absolute Gasteiger partial charge is 0.345 e. The smallest absolute Gasteiger partial charge is 0.255 e. The van der Waals surface area contributed by atoms with Gasteiger partial charge in [-0.05, 0) is 43.7 Å². The highest BCUT2D eigenvalue weighted by molar-refractivity contribution is 5.95. The summed E-state index contributed by atoms with van der Waals surface area (Å²) in [5.41, 5.74) is 5.15. The van der Waals surface area contributed by atoms with Gasteiger partial charge in [0.1, 0.15) is 0 Å². The Kier molecular flexibility index (Phi) is 4.80. The van der Waals surface area contributed by atoms with Crippen LogP contribution in [0.1, 0.15) is 51.6 Å². The first-order valence-corrected chi connectivity index (χ1v) is 9.55. The summed E-state index contributed by atoms with van der Waals surface area (Å²) in [6.45, 7) is 4.71. The number of benzene rings is 2. The van der Waals surface area contributed by atoms with Crippen molar-refractivity contribution in [2.45, 2.75) is 39.3 Å². The van der Waals surface area contributed by atoms with Crippen LogP contribution in [-0.4, -0.2) is 15.7 Å². The molecule has 1 amide bonds. The fourth-order valence-electron chi connectivity index (χ4n) is 3.48. The molecule has 1 unspecified atom stereocenters. The summed E-state index contributed by atoms with van der Waals surface area (Å²) in [6, 6.07) is 18.7. The van der Waals surface area contributed by atoms with Crippen molar-refractivity contribution < 1.29 is 4.79 Å². The van der Waals surface area contributed by atoms with Crippen LogP contribution in [0, 0.1) is 19.8 Å². The van der Waals surface area contributed by atoms with Crippen molar-refractivity contribution in [1.29, 1.82) is 0 Å². The predicted molar refractivity (Wildman–Crippen MR) is 107 cm³/mol. The zero-order valence-electron chi connectivity index (χ0n) is 15.9. The second-order valence-electron chi connectivity index (χ2n) is 7.49. The summed E-state index contributed by atoms with van der Waals surface area (Å²) in [6.07, 6.45) is 4.03. The average Bonchev–Trinajstić information content (AvgIpc) is 3.46. The SMILES string of the molecule is Cc1ccc(C(NC(=O)c2cnn(Cc3ccccc3)c2C)C2CC2)cc1. The van der Waals surface area contributed by atoms with E-state index in [1.807, 2.05) is 29.8 Å². The molecule has 27 heavy (non-hydrogen) atoms. The van der Waals surface area contributed by atoms with Crippen LogP contribution in [0.3, 0.4) is 0 Å². The van der Waals surface area contributed by atoms with Gasteiger partial charge in [0.25, 0.3) is 5.91 Å². The Morgan fingerprint density at radius 2 is 1.81 bits per heavy atom. The summed E-state index contributed by atoms with van der Waals surface area (Å²) < 4.78 is 1.89. The first-order valence-electron chi connectivity index (χ1n) is 9.55. The Balaban J connectivity index is 1.51. The molecule has 1 aromatic heterocycles. The van der Waals surface area contributed by atoms with Crippen LogP contribution in [0.5, 0.6) is 0 Å². The number of aryl methyl sites for hydroxylation is 1. The lowest BCUT2D eigenvalue weighted by atomic mass is 10.0. The van der Waals surface area contributed by atoms with Gasteiger partial charge in [-0.25, -0.2) is 0 Å². The molecule has 0 saturated heterocycles. The molecule has 4 heteroatoms. The van der Waals surface area contributed by atoms with Gasteiger partial charge in [0.2, 0.25) is 0 Å². The summed E-state index contributed by atoms with van der Waals surface area (Å²) in [4.78, 5) is 12.9. The molecule has 3 aromatic rings. The van der Waals surface area contributed by atoms with Gasteiger partial charge in [-0.2, -0.15) is 5.10 Å². The number of hydrogen-bond acceptors (Lipinski definition) is 2. The normalized spacial score (nSPS) is 14.7. The molecular weight excluding hydrogens is 334 g/mol. The Bertz CT molecular complexity index is 924. The topological polar surface area (TPSA) is 46.9 Å². The molecule has 1 heterocycles. The van der Waals surface area contributed by atoms with E-state index in [0.717, 1.165) is 5.69 Å². The van der Waals surface area contributed by atoms with E-state index in [-0.39, 0.29) is 11.9 Å². The van der Waals surface area contributed by atoms with Gasteiger partial charge in [-0.1, -0.05) is 60.2 Å². The fourth-order valence-corrected chi connectivity index (χ4v) is 3.48. The first-order chi connectivity index (χ1) is 13.1. The number of carbonyl (C=O) groups is 1. The minimum atomic E-state index is -0.0377. The van der Waals surface area contributed by atoms with Crippen LogP contribution in [0.4, 0.5) is 0 Å². The fraction of sp³-hybridized carbons (Fsp3) is 0.304. The Morgan fingerprint density at radius 1 is 1.11 bits per heavy atom. The van der Waals surface area contributed by atoms with Gasteiger partial charge >= 0.3 is 0 Å². The molecule has 2 aromatic carbocycles. The van der Waals surface area contributed by atoms with Gasteiger partial charge in [0.15, 0.2) is 0 Å². The highest BCUT2D eigenvalue weighted by Gasteiger charge is 2.34. The van der Waals surface area contributed by atoms with E-state index in [1.54, 1.807) is 6.20 Å². The molecule has 4 nitrogen and oxygen atoms in total. The lowest BCUT2D eigenvalue weighted by molar-refractivity contribution is 0.0931. The van der Waals surface area contributed by atoms with E-state index < -0.39 is 0 Å². The summed E-state index contributed by atoms with van der Waals surface area (Å²) >= 11 is 0. The lowest BCUT2D eigenvalue weighted by Crippen LogP contribution is -2.30. The maximum absolute atomic E-state index is 12.9. The van der Waals surface area contributed by atoms with Crippen molar-refractivity contribution in [3.63, 3.8) is 0 Å². The molecule has 0 aliphatic heterocycles. The van der Waals surface area contributed by atoms with E-state index >= 15 is 0 Å². The van der Waals surface area contributed by atoms with Crippen molar-refractivity contribution >= 4 is 5.91 Å². The molecular formula is C23H25N3O. The third-order valence-electron chi connectivity index (χ3n) is 5.34. The van der Waals surface area contributed by atoms with Crippen LogP contribution in [-0.2, 0) is 6.54 Å². The summed E-state index contributed by atoms with van der Waals surface area (Å²) in [5.74, 6) is 0.501. The van der Waals surface area contributed by atoms with Gasteiger partial charge in [0, 0.05) is 5.69 Å². The molecule has 0 radical (unpaired) electrons. The molecule has 1 fully saturated rings. The zero-order valence-corrected chi connectivity index (χ0v) is 15.9. The first kappa shape index (κ1) is 17.5. The summed E-state index contributed by atoms with van der Waals surface area (Å²) in [5, 5.41) is 7.70. The van der Waals surface area contributed by atoms with E-state index in [0.29, 0.717) is 18.0 Å². The molecule has 0 spiro atoms.